The van der Waals surface area contributed by atoms with E-state index in [0.29, 0.717) is 11.4 Å². The maximum absolute atomic E-state index is 10.1. The topological polar surface area (TPSA) is 50.9 Å². The highest BCUT2D eigenvalue weighted by Gasteiger charge is 2.12. The average molecular weight is 252 g/mol. The first kappa shape index (κ1) is 12.1. The molecule has 1 aromatic carbocycles. The predicted octanol–water partition coefficient (Wildman–Crippen LogP) is 2.23. The van der Waals surface area contributed by atoms with Crippen LogP contribution >= 0.6 is 11.6 Å². The van der Waals surface area contributed by atoms with Crippen LogP contribution < -0.4 is 0 Å². The molecular weight excluding hydrogens is 238 g/mol. The second-order valence-corrected chi connectivity index (χ2v) is 4.20. The van der Waals surface area contributed by atoms with Crippen molar-refractivity contribution in [1.29, 1.82) is 0 Å². The fraction of sp³-hybridized carbons (Fsp3) is 0.333. The highest BCUT2D eigenvalue weighted by Crippen LogP contribution is 2.20. The van der Waals surface area contributed by atoms with Crippen LogP contribution in [0.3, 0.4) is 0 Å². The summed E-state index contributed by atoms with van der Waals surface area (Å²) in [5.41, 5.74) is 0.795. The number of aliphatic hydroxyl groups is 1. The molecule has 2 rings (SSSR count). The maximum atomic E-state index is 10.1. The van der Waals surface area contributed by atoms with Crippen LogP contribution in [0.15, 0.2) is 30.6 Å². The number of rotatable bonds is 4. The smallest absolute Gasteiger partial charge is 0.138 e. The Morgan fingerprint density at radius 1 is 1.47 bits per heavy atom. The summed E-state index contributed by atoms with van der Waals surface area (Å²) in [5.74, 6) is 0.778. The SMILES string of the molecule is CCn1ncnc1CC(O)c1cccc(Cl)c1. The molecule has 17 heavy (non-hydrogen) atoms. The van der Waals surface area contributed by atoms with E-state index in [0.717, 1.165) is 17.9 Å². The Hall–Kier alpha value is -1.39. The van der Waals surface area contributed by atoms with Gasteiger partial charge in [-0.1, -0.05) is 23.7 Å². The van der Waals surface area contributed by atoms with Gasteiger partial charge in [0.05, 0.1) is 6.10 Å². The summed E-state index contributed by atoms with van der Waals surface area (Å²) < 4.78 is 1.77. The first-order chi connectivity index (χ1) is 8.20. The van der Waals surface area contributed by atoms with Crippen molar-refractivity contribution in [2.75, 3.05) is 0 Å². The van der Waals surface area contributed by atoms with Crippen LogP contribution in [0.25, 0.3) is 0 Å². The van der Waals surface area contributed by atoms with Gasteiger partial charge < -0.3 is 5.11 Å². The molecule has 0 saturated carbocycles. The van der Waals surface area contributed by atoms with Gasteiger partial charge in [0.25, 0.3) is 0 Å². The van der Waals surface area contributed by atoms with Crippen LogP contribution in [-0.2, 0) is 13.0 Å². The van der Waals surface area contributed by atoms with E-state index in [1.165, 1.54) is 6.33 Å². The van der Waals surface area contributed by atoms with E-state index >= 15 is 0 Å². The molecule has 1 unspecified atom stereocenters. The zero-order valence-electron chi connectivity index (χ0n) is 9.55. The molecule has 1 heterocycles. The number of aliphatic hydroxyl groups excluding tert-OH is 1. The van der Waals surface area contributed by atoms with Crippen molar-refractivity contribution in [3.05, 3.63) is 47.0 Å². The lowest BCUT2D eigenvalue weighted by atomic mass is 10.1. The summed E-state index contributed by atoms with van der Waals surface area (Å²) in [4.78, 5) is 4.13. The Balaban J connectivity index is 2.14. The molecule has 0 radical (unpaired) electrons. The summed E-state index contributed by atoms with van der Waals surface area (Å²) in [6.07, 6.45) is 1.33. The fourth-order valence-electron chi connectivity index (χ4n) is 1.71. The van der Waals surface area contributed by atoms with Crippen LogP contribution in [-0.4, -0.2) is 19.9 Å². The third-order valence-electron chi connectivity index (χ3n) is 2.60. The minimum Gasteiger partial charge on any atom is -0.388 e. The van der Waals surface area contributed by atoms with Crippen molar-refractivity contribution in [3.63, 3.8) is 0 Å². The average Bonchev–Trinajstić information content (AvgIpc) is 2.76. The van der Waals surface area contributed by atoms with Gasteiger partial charge in [-0.3, -0.25) is 4.68 Å². The third kappa shape index (κ3) is 2.84. The molecule has 1 atom stereocenters. The third-order valence-corrected chi connectivity index (χ3v) is 2.84. The number of halogens is 1. The highest BCUT2D eigenvalue weighted by molar-refractivity contribution is 6.30. The zero-order chi connectivity index (χ0) is 12.3. The molecule has 90 valence electrons. The first-order valence-corrected chi connectivity index (χ1v) is 5.88. The van der Waals surface area contributed by atoms with E-state index in [2.05, 4.69) is 10.1 Å². The number of nitrogens with zero attached hydrogens (tertiary/aromatic N) is 3. The molecule has 2 aromatic rings. The maximum Gasteiger partial charge on any atom is 0.138 e. The van der Waals surface area contributed by atoms with E-state index < -0.39 is 6.10 Å². The lowest BCUT2D eigenvalue weighted by molar-refractivity contribution is 0.174. The Morgan fingerprint density at radius 2 is 2.29 bits per heavy atom. The normalized spacial score (nSPS) is 12.6. The monoisotopic (exact) mass is 251 g/mol. The molecule has 0 saturated heterocycles. The summed E-state index contributed by atoms with van der Waals surface area (Å²) in [7, 11) is 0. The molecule has 1 aromatic heterocycles. The molecule has 5 heteroatoms. The Morgan fingerprint density at radius 3 is 3.00 bits per heavy atom. The summed E-state index contributed by atoms with van der Waals surface area (Å²) in [6.45, 7) is 2.74. The lowest BCUT2D eigenvalue weighted by Crippen LogP contribution is -2.09. The molecule has 0 fully saturated rings. The van der Waals surface area contributed by atoms with Crippen LogP contribution in [0.2, 0.25) is 5.02 Å². The fourth-order valence-corrected chi connectivity index (χ4v) is 1.91. The van der Waals surface area contributed by atoms with Crippen LogP contribution in [0.1, 0.15) is 24.4 Å². The molecule has 0 bridgehead atoms. The van der Waals surface area contributed by atoms with E-state index in [1.807, 2.05) is 19.1 Å². The van der Waals surface area contributed by atoms with Crippen molar-refractivity contribution >= 4 is 11.6 Å². The number of hydrogen-bond acceptors (Lipinski definition) is 3. The van der Waals surface area contributed by atoms with Gasteiger partial charge in [0.2, 0.25) is 0 Å². The van der Waals surface area contributed by atoms with Gasteiger partial charge in [0.15, 0.2) is 0 Å². The molecule has 0 aliphatic rings. The Labute approximate surface area is 105 Å². The quantitative estimate of drug-likeness (QED) is 0.907. The first-order valence-electron chi connectivity index (χ1n) is 5.51. The number of aromatic nitrogens is 3. The molecule has 0 amide bonds. The summed E-state index contributed by atoms with van der Waals surface area (Å²) >= 11 is 5.89. The minimum atomic E-state index is -0.608. The molecule has 4 nitrogen and oxygen atoms in total. The summed E-state index contributed by atoms with van der Waals surface area (Å²) in [5, 5.41) is 14.8. The van der Waals surface area contributed by atoms with E-state index in [4.69, 9.17) is 11.6 Å². The van der Waals surface area contributed by atoms with Gasteiger partial charge in [0, 0.05) is 18.0 Å². The number of hydrogen-bond donors (Lipinski definition) is 1. The second-order valence-electron chi connectivity index (χ2n) is 3.77. The summed E-state index contributed by atoms with van der Waals surface area (Å²) in [6, 6.07) is 7.22. The highest BCUT2D eigenvalue weighted by atomic mass is 35.5. The molecule has 0 aliphatic heterocycles. The Bertz CT molecular complexity index is 498. The predicted molar refractivity (Wildman–Crippen MR) is 65.8 cm³/mol. The van der Waals surface area contributed by atoms with Crippen molar-refractivity contribution < 1.29 is 5.11 Å². The van der Waals surface area contributed by atoms with E-state index in [-0.39, 0.29) is 0 Å². The minimum absolute atomic E-state index is 0.439. The molecule has 0 spiro atoms. The van der Waals surface area contributed by atoms with Crippen molar-refractivity contribution in [1.82, 2.24) is 14.8 Å². The van der Waals surface area contributed by atoms with Crippen molar-refractivity contribution in [3.8, 4) is 0 Å². The standard InChI is InChI=1S/C12H14ClN3O/c1-2-16-12(14-8-15-16)7-11(17)9-4-3-5-10(13)6-9/h3-6,8,11,17H,2,7H2,1H3. The molecule has 0 aliphatic carbocycles. The zero-order valence-corrected chi connectivity index (χ0v) is 10.3. The van der Waals surface area contributed by atoms with Crippen molar-refractivity contribution in [2.45, 2.75) is 26.0 Å². The van der Waals surface area contributed by atoms with Crippen LogP contribution in [0, 0.1) is 0 Å². The number of benzene rings is 1. The largest absolute Gasteiger partial charge is 0.388 e. The van der Waals surface area contributed by atoms with Gasteiger partial charge in [-0.25, -0.2) is 4.98 Å². The van der Waals surface area contributed by atoms with Crippen LogP contribution in [0.5, 0.6) is 0 Å². The van der Waals surface area contributed by atoms with Gasteiger partial charge in [0.1, 0.15) is 12.2 Å². The Kier molecular flexibility index (Phi) is 3.76. The van der Waals surface area contributed by atoms with Gasteiger partial charge in [-0.05, 0) is 24.6 Å². The van der Waals surface area contributed by atoms with Gasteiger partial charge in [-0.15, -0.1) is 0 Å². The van der Waals surface area contributed by atoms with Gasteiger partial charge in [-0.2, -0.15) is 5.10 Å². The molecule has 1 N–H and O–H groups in total. The van der Waals surface area contributed by atoms with Gasteiger partial charge >= 0.3 is 0 Å². The lowest BCUT2D eigenvalue weighted by Gasteiger charge is -2.11. The van der Waals surface area contributed by atoms with Crippen LogP contribution in [0.4, 0.5) is 0 Å². The molecular formula is C12H14ClN3O. The number of aryl methyl sites for hydroxylation is 1. The van der Waals surface area contributed by atoms with E-state index in [1.54, 1.807) is 16.8 Å². The van der Waals surface area contributed by atoms with E-state index in [9.17, 15) is 5.11 Å². The van der Waals surface area contributed by atoms with Crippen molar-refractivity contribution in [2.24, 2.45) is 0 Å². The second kappa shape index (κ2) is 5.29.